The molecule has 0 aliphatic carbocycles. The number of hydrogen-bond acceptors (Lipinski definition) is 5. The maximum Gasteiger partial charge on any atom is 0.197 e. The molecule has 0 atom stereocenters. The van der Waals surface area contributed by atoms with E-state index in [0.29, 0.717) is 17.3 Å². The van der Waals surface area contributed by atoms with E-state index in [-0.39, 0.29) is 22.1 Å². The molecule has 140 valence electrons. The van der Waals surface area contributed by atoms with E-state index in [9.17, 15) is 9.90 Å². The third kappa shape index (κ3) is 3.08. The molecule has 1 N–H and O–H groups in total. The van der Waals surface area contributed by atoms with Crippen molar-refractivity contribution >= 4 is 21.9 Å². The summed E-state index contributed by atoms with van der Waals surface area (Å²) in [4.78, 5) is 16.9. The lowest BCUT2D eigenvalue weighted by Crippen LogP contribution is -2.01. The molecule has 5 nitrogen and oxygen atoms in total. The third-order valence-corrected chi connectivity index (χ3v) is 4.68. The van der Waals surface area contributed by atoms with Crippen LogP contribution in [0, 0.1) is 0 Å². The minimum Gasteiger partial charge on any atom is -0.507 e. The van der Waals surface area contributed by atoms with Gasteiger partial charge in [-0.05, 0) is 18.2 Å². The summed E-state index contributed by atoms with van der Waals surface area (Å²) in [5.41, 5.74) is 1.51. The molecule has 0 spiro atoms. The quantitative estimate of drug-likeness (QED) is 0.446. The van der Waals surface area contributed by atoms with Crippen molar-refractivity contribution in [2.45, 2.75) is 0 Å². The van der Waals surface area contributed by atoms with E-state index in [1.807, 2.05) is 54.6 Å². The standard InChI is InChI=1S/C24H15NO4/c26-19-12-16(28-21-10-11-25-18-9-5-4-8-17(18)21)13-23-24(19)20(27)14-22(29-23)15-6-2-1-3-7-15/h1-14,26H. The zero-order valence-corrected chi connectivity index (χ0v) is 15.2. The van der Waals surface area contributed by atoms with E-state index in [0.717, 1.165) is 16.5 Å². The van der Waals surface area contributed by atoms with Crippen molar-refractivity contribution < 1.29 is 14.3 Å². The van der Waals surface area contributed by atoms with E-state index in [2.05, 4.69) is 4.98 Å². The van der Waals surface area contributed by atoms with Crippen LogP contribution in [-0.4, -0.2) is 10.1 Å². The molecule has 0 bridgehead atoms. The van der Waals surface area contributed by atoms with Crippen LogP contribution < -0.4 is 10.2 Å². The lowest BCUT2D eigenvalue weighted by Gasteiger charge is -2.10. The molecule has 2 heterocycles. The molecular formula is C24H15NO4. The van der Waals surface area contributed by atoms with Crippen molar-refractivity contribution in [3.05, 3.63) is 95.3 Å². The second kappa shape index (κ2) is 6.80. The Kier molecular flexibility index (Phi) is 3.99. The summed E-state index contributed by atoms with van der Waals surface area (Å²) in [6.07, 6.45) is 1.66. The van der Waals surface area contributed by atoms with Crippen LogP contribution in [0.4, 0.5) is 0 Å². The first kappa shape index (κ1) is 17.0. The number of fused-ring (bicyclic) bond motifs is 2. The smallest absolute Gasteiger partial charge is 0.197 e. The molecule has 0 saturated carbocycles. The first-order valence-electron chi connectivity index (χ1n) is 9.07. The number of rotatable bonds is 3. The van der Waals surface area contributed by atoms with Crippen molar-refractivity contribution in [1.82, 2.24) is 4.98 Å². The second-order valence-electron chi connectivity index (χ2n) is 6.58. The number of pyridine rings is 1. The molecule has 0 aliphatic heterocycles. The molecule has 2 aromatic heterocycles. The van der Waals surface area contributed by atoms with Crippen LogP contribution in [0.15, 0.2) is 94.3 Å². The molecule has 29 heavy (non-hydrogen) atoms. The molecule has 0 fully saturated rings. The van der Waals surface area contributed by atoms with Crippen LogP contribution >= 0.6 is 0 Å². The molecule has 0 unspecified atom stereocenters. The van der Waals surface area contributed by atoms with E-state index < -0.39 is 0 Å². The first-order valence-corrected chi connectivity index (χ1v) is 9.07. The minimum absolute atomic E-state index is 0.122. The number of phenolic OH excluding ortho intramolecular Hbond substituents is 1. The zero-order valence-electron chi connectivity index (χ0n) is 15.2. The van der Waals surface area contributed by atoms with Gasteiger partial charge in [-0.3, -0.25) is 9.78 Å². The van der Waals surface area contributed by atoms with Crippen LogP contribution in [0.3, 0.4) is 0 Å². The highest BCUT2D eigenvalue weighted by molar-refractivity contribution is 5.87. The average molecular weight is 381 g/mol. The van der Waals surface area contributed by atoms with E-state index in [4.69, 9.17) is 9.15 Å². The third-order valence-electron chi connectivity index (χ3n) is 4.68. The number of ether oxygens (including phenoxy) is 1. The van der Waals surface area contributed by atoms with Gasteiger partial charge < -0.3 is 14.3 Å². The Balaban J connectivity index is 1.64. The topological polar surface area (TPSA) is 72.6 Å². The Morgan fingerprint density at radius 1 is 0.897 bits per heavy atom. The molecule has 0 saturated heterocycles. The fourth-order valence-corrected chi connectivity index (χ4v) is 3.33. The largest absolute Gasteiger partial charge is 0.507 e. The van der Waals surface area contributed by atoms with Crippen LogP contribution in [-0.2, 0) is 0 Å². The summed E-state index contributed by atoms with van der Waals surface area (Å²) >= 11 is 0. The van der Waals surface area contributed by atoms with Gasteiger partial charge in [-0.25, -0.2) is 0 Å². The number of phenols is 1. The fraction of sp³-hybridized carbons (Fsp3) is 0. The Morgan fingerprint density at radius 2 is 1.69 bits per heavy atom. The molecule has 5 aromatic rings. The first-order chi connectivity index (χ1) is 14.2. The van der Waals surface area contributed by atoms with Crippen LogP contribution in [0.2, 0.25) is 0 Å². The van der Waals surface area contributed by atoms with Gasteiger partial charge in [0, 0.05) is 35.3 Å². The normalized spacial score (nSPS) is 11.0. The van der Waals surface area contributed by atoms with E-state index in [1.165, 1.54) is 12.1 Å². The maximum absolute atomic E-state index is 12.6. The SMILES string of the molecule is O=c1cc(-c2ccccc2)oc2cc(Oc3ccnc4ccccc34)cc(O)c12. The molecule has 5 rings (SSSR count). The van der Waals surface area contributed by atoms with Gasteiger partial charge in [-0.15, -0.1) is 0 Å². The summed E-state index contributed by atoms with van der Waals surface area (Å²) < 4.78 is 11.9. The van der Waals surface area contributed by atoms with E-state index in [1.54, 1.807) is 18.3 Å². The predicted molar refractivity (Wildman–Crippen MR) is 111 cm³/mol. The molecule has 0 amide bonds. The van der Waals surface area contributed by atoms with Gasteiger partial charge >= 0.3 is 0 Å². The number of aromatic hydroxyl groups is 1. The van der Waals surface area contributed by atoms with Gasteiger partial charge in [0.05, 0.1) is 5.52 Å². The lowest BCUT2D eigenvalue weighted by molar-refractivity contribution is 0.459. The molecule has 0 aliphatic rings. The predicted octanol–water partition coefficient (Wildman–Crippen LogP) is 5.51. The Morgan fingerprint density at radius 3 is 2.55 bits per heavy atom. The summed E-state index contributed by atoms with van der Waals surface area (Å²) in [5.74, 6) is 1.19. The van der Waals surface area contributed by atoms with Crippen molar-refractivity contribution in [3.63, 3.8) is 0 Å². The summed E-state index contributed by atoms with van der Waals surface area (Å²) in [6.45, 7) is 0. The molecule has 5 heteroatoms. The number of hydrogen-bond donors (Lipinski definition) is 1. The highest BCUT2D eigenvalue weighted by Gasteiger charge is 2.14. The van der Waals surface area contributed by atoms with Gasteiger partial charge in [0.15, 0.2) is 5.43 Å². The average Bonchev–Trinajstić information content (AvgIpc) is 2.74. The summed E-state index contributed by atoms with van der Waals surface area (Å²) in [6, 6.07) is 23.1. The monoisotopic (exact) mass is 381 g/mol. The summed E-state index contributed by atoms with van der Waals surface area (Å²) in [7, 11) is 0. The van der Waals surface area contributed by atoms with Crippen molar-refractivity contribution in [3.8, 4) is 28.6 Å². The molecule has 0 radical (unpaired) electrons. The fourth-order valence-electron chi connectivity index (χ4n) is 3.33. The Hall–Kier alpha value is -4.12. The number of para-hydroxylation sites is 1. The van der Waals surface area contributed by atoms with Gasteiger partial charge in [-0.2, -0.15) is 0 Å². The second-order valence-corrected chi connectivity index (χ2v) is 6.58. The van der Waals surface area contributed by atoms with Crippen LogP contribution in [0.1, 0.15) is 0 Å². The molecular weight excluding hydrogens is 366 g/mol. The minimum atomic E-state index is -0.316. The zero-order chi connectivity index (χ0) is 19.8. The van der Waals surface area contributed by atoms with Crippen LogP contribution in [0.5, 0.6) is 17.2 Å². The van der Waals surface area contributed by atoms with E-state index >= 15 is 0 Å². The van der Waals surface area contributed by atoms with Crippen molar-refractivity contribution in [2.75, 3.05) is 0 Å². The maximum atomic E-state index is 12.6. The van der Waals surface area contributed by atoms with Gasteiger partial charge in [0.2, 0.25) is 0 Å². The van der Waals surface area contributed by atoms with Crippen molar-refractivity contribution in [2.24, 2.45) is 0 Å². The Bertz CT molecular complexity index is 1400. The highest BCUT2D eigenvalue weighted by atomic mass is 16.5. The molecule has 3 aromatic carbocycles. The van der Waals surface area contributed by atoms with Gasteiger partial charge in [0.1, 0.15) is 34.0 Å². The summed E-state index contributed by atoms with van der Waals surface area (Å²) in [5, 5.41) is 11.4. The number of benzene rings is 3. The number of nitrogens with zero attached hydrogens (tertiary/aromatic N) is 1. The van der Waals surface area contributed by atoms with Gasteiger partial charge in [-0.1, -0.05) is 42.5 Å². The van der Waals surface area contributed by atoms with Crippen molar-refractivity contribution in [1.29, 1.82) is 0 Å². The highest BCUT2D eigenvalue weighted by Crippen LogP contribution is 2.35. The number of aromatic nitrogens is 1. The van der Waals surface area contributed by atoms with Gasteiger partial charge in [0.25, 0.3) is 0 Å². The van der Waals surface area contributed by atoms with Crippen LogP contribution in [0.25, 0.3) is 33.2 Å². The lowest BCUT2D eigenvalue weighted by atomic mass is 10.1. The Labute approximate surface area is 165 Å².